The number of imidazole rings is 1. The maximum atomic E-state index is 12.2. The zero-order valence-corrected chi connectivity index (χ0v) is 15.7. The summed E-state index contributed by atoms with van der Waals surface area (Å²) in [5, 5.41) is 4.12. The highest BCUT2D eigenvalue weighted by atomic mass is 35.5. The highest BCUT2D eigenvalue weighted by Gasteiger charge is 2.10. The minimum atomic E-state index is -0.254. The molecule has 0 aliphatic rings. The number of pyridine rings is 1. The smallest absolute Gasteiger partial charge is 0.230 e. The van der Waals surface area contributed by atoms with Gasteiger partial charge in [-0.1, -0.05) is 40.9 Å². The van der Waals surface area contributed by atoms with Crippen LogP contribution in [0.1, 0.15) is 11.3 Å². The van der Waals surface area contributed by atoms with Crippen molar-refractivity contribution in [2.24, 2.45) is 0 Å². The lowest BCUT2D eigenvalue weighted by molar-refractivity contribution is -0.115. The van der Waals surface area contributed by atoms with E-state index in [0.29, 0.717) is 28.0 Å². The standard InChI is InChI=1S/C17H14Cl3N5O/c18-11-2-1-10(13(19)5-11)7-25-8-12(22-9-25)6-16(26)23-14-3-4-15(20)24-17(14)21/h1-5,8-9H,6-7H2,(H2,21,24)(H,23,26). The number of anilines is 2. The molecule has 0 radical (unpaired) electrons. The van der Waals surface area contributed by atoms with Crippen molar-refractivity contribution in [3.05, 3.63) is 69.3 Å². The van der Waals surface area contributed by atoms with Gasteiger partial charge >= 0.3 is 0 Å². The van der Waals surface area contributed by atoms with Crippen LogP contribution in [-0.4, -0.2) is 20.4 Å². The molecule has 0 unspecified atom stereocenters. The van der Waals surface area contributed by atoms with Gasteiger partial charge in [0.05, 0.1) is 24.1 Å². The van der Waals surface area contributed by atoms with Crippen molar-refractivity contribution in [1.29, 1.82) is 0 Å². The van der Waals surface area contributed by atoms with Crippen LogP contribution in [0.5, 0.6) is 0 Å². The Morgan fingerprint density at radius 3 is 2.73 bits per heavy atom. The van der Waals surface area contributed by atoms with Gasteiger partial charge in [-0.25, -0.2) is 9.97 Å². The van der Waals surface area contributed by atoms with Crippen LogP contribution in [0.2, 0.25) is 15.2 Å². The molecule has 26 heavy (non-hydrogen) atoms. The van der Waals surface area contributed by atoms with Crippen molar-refractivity contribution >= 4 is 52.2 Å². The van der Waals surface area contributed by atoms with E-state index in [1.54, 1.807) is 36.8 Å². The molecule has 0 bridgehead atoms. The lowest BCUT2D eigenvalue weighted by Gasteiger charge is -2.07. The molecule has 0 saturated heterocycles. The first-order valence-electron chi connectivity index (χ1n) is 7.57. The normalized spacial score (nSPS) is 10.7. The van der Waals surface area contributed by atoms with Crippen molar-refractivity contribution < 1.29 is 4.79 Å². The summed E-state index contributed by atoms with van der Waals surface area (Å²) < 4.78 is 1.84. The second-order valence-corrected chi connectivity index (χ2v) is 6.80. The summed E-state index contributed by atoms with van der Waals surface area (Å²) in [6.45, 7) is 0.526. The van der Waals surface area contributed by atoms with E-state index >= 15 is 0 Å². The van der Waals surface area contributed by atoms with E-state index in [1.807, 2.05) is 10.6 Å². The molecule has 1 amide bonds. The summed E-state index contributed by atoms with van der Waals surface area (Å²) in [6.07, 6.45) is 3.53. The number of hydrogen-bond acceptors (Lipinski definition) is 4. The minimum absolute atomic E-state index is 0.101. The highest BCUT2D eigenvalue weighted by molar-refractivity contribution is 6.35. The predicted octanol–water partition coefficient (Wildman–Crippen LogP) is 4.05. The Morgan fingerprint density at radius 2 is 2.00 bits per heavy atom. The van der Waals surface area contributed by atoms with Crippen molar-refractivity contribution in [2.45, 2.75) is 13.0 Å². The molecular formula is C17H14Cl3N5O. The van der Waals surface area contributed by atoms with Gasteiger partial charge in [0, 0.05) is 22.8 Å². The maximum Gasteiger partial charge on any atom is 0.230 e. The molecule has 0 atom stereocenters. The van der Waals surface area contributed by atoms with Gasteiger partial charge in [-0.05, 0) is 29.8 Å². The molecule has 134 valence electrons. The van der Waals surface area contributed by atoms with Gasteiger partial charge in [-0.3, -0.25) is 4.79 Å². The molecule has 2 heterocycles. The van der Waals surface area contributed by atoms with E-state index in [1.165, 1.54) is 0 Å². The SMILES string of the molecule is Nc1nc(Cl)ccc1NC(=O)Cc1cn(Cc2ccc(Cl)cc2Cl)cn1. The maximum absolute atomic E-state index is 12.2. The van der Waals surface area contributed by atoms with Crippen molar-refractivity contribution in [3.8, 4) is 0 Å². The summed E-state index contributed by atoms with van der Waals surface area (Å²) >= 11 is 17.8. The third kappa shape index (κ3) is 4.66. The molecule has 3 rings (SSSR count). The first kappa shape index (κ1) is 18.5. The molecular weight excluding hydrogens is 397 g/mol. The van der Waals surface area contributed by atoms with Crippen LogP contribution in [0, 0.1) is 0 Å². The van der Waals surface area contributed by atoms with Crippen LogP contribution in [0.4, 0.5) is 11.5 Å². The van der Waals surface area contributed by atoms with E-state index in [0.717, 1.165) is 5.56 Å². The Balaban J connectivity index is 1.63. The summed E-state index contributed by atoms with van der Waals surface area (Å²) in [6, 6.07) is 8.47. The topological polar surface area (TPSA) is 85.8 Å². The number of amides is 1. The number of carbonyl (C=O) groups excluding carboxylic acids is 1. The predicted molar refractivity (Wildman–Crippen MR) is 104 cm³/mol. The molecule has 6 nitrogen and oxygen atoms in total. The summed E-state index contributed by atoms with van der Waals surface area (Å²) in [5.74, 6) is -0.0932. The summed E-state index contributed by atoms with van der Waals surface area (Å²) in [4.78, 5) is 20.3. The highest BCUT2D eigenvalue weighted by Crippen LogP contribution is 2.22. The Labute approximate surface area is 164 Å². The Kier molecular flexibility index (Phi) is 5.66. The van der Waals surface area contributed by atoms with Crippen molar-refractivity contribution in [2.75, 3.05) is 11.1 Å². The van der Waals surface area contributed by atoms with E-state index < -0.39 is 0 Å². The minimum Gasteiger partial charge on any atom is -0.382 e. The number of nitrogens with two attached hydrogens (primary N) is 1. The molecule has 3 aromatic rings. The quantitative estimate of drug-likeness (QED) is 0.621. The second-order valence-electron chi connectivity index (χ2n) is 5.56. The number of hydrogen-bond donors (Lipinski definition) is 2. The number of nitrogen functional groups attached to an aromatic ring is 1. The zero-order chi connectivity index (χ0) is 18.7. The molecule has 9 heteroatoms. The number of rotatable bonds is 5. The van der Waals surface area contributed by atoms with Gasteiger partial charge in [0.15, 0.2) is 0 Å². The Bertz CT molecular complexity index is 957. The molecule has 2 aromatic heterocycles. The number of carbonyl (C=O) groups is 1. The van der Waals surface area contributed by atoms with Crippen LogP contribution >= 0.6 is 34.8 Å². The Hall–Kier alpha value is -2.28. The number of halogens is 3. The van der Waals surface area contributed by atoms with E-state index in [9.17, 15) is 4.79 Å². The van der Waals surface area contributed by atoms with Crippen molar-refractivity contribution in [3.63, 3.8) is 0 Å². The third-order valence-corrected chi connectivity index (χ3v) is 4.36. The fraction of sp³-hybridized carbons (Fsp3) is 0.118. The number of nitrogens with zero attached hydrogens (tertiary/aromatic N) is 3. The molecule has 0 aliphatic heterocycles. The fourth-order valence-corrected chi connectivity index (χ4v) is 2.97. The monoisotopic (exact) mass is 409 g/mol. The van der Waals surface area contributed by atoms with Crippen LogP contribution in [0.3, 0.4) is 0 Å². The number of benzene rings is 1. The summed E-state index contributed by atoms with van der Waals surface area (Å²) in [5.41, 5.74) is 7.66. The van der Waals surface area contributed by atoms with Gasteiger partial charge in [0.25, 0.3) is 0 Å². The van der Waals surface area contributed by atoms with E-state index in [4.69, 9.17) is 40.5 Å². The number of aromatic nitrogens is 3. The average Bonchev–Trinajstić information content (AvgIpc) is 3.00. The average molecular weight is 411 g/mol. The molecule has 0 saturated carbocycles. The third-order valence-electron chi connectivity index (χ3n) is 3.56. The fourth-order valence-electron chi connectivity index (χ4n) is 2.35. The van der Waals surface area contributed by atoms with Gasteiger partial charge in [-0.15, -0.1) is 0 Å². The van der Waals surface area contributed by atoms with Crippen LogP contribution in [0.25, 0.3) is 0 Å². The van der Waals surface area contributed by atoms with Gasteiger partial charge in [0.1, 0.15) is 11.0 Å². The molecule has 0 aliphatic carbocycles. The summed E-state index contributed by atoms with van der Waals surface area (Å²) in [7, 11) is 0. The second kappa shape index (κ2) is 7.95. The first-order valence-corrected chi connectivity index (χ1v) is 8.70. The van der Waals surface area contributed by atoms with Crippen LogP contribution in [-0.2, 0) is 17.8 Å². The van der Waals surface area contributed by atoms with Gasteiger partial charge in [-0.2, -0.15) is 0 Å². The first-order chi connectivity index (χ1) is 12.4. The molecule has 3 N–H and O–H groups in total. The van der Waals surface area contributed by atoms with Gasteiger partial charge < -0.3 is 15.6 Å². The lowest BCUT2D eigenvalue weighted by Crippen LogP contribution is -2.16. The molecule has 1 aromatic carbocycles. The van der Waals surface area contributed by atoms with E-state index in [2.05, 4.69) is 15.3 Å². The number of nitrogens with one attached hydrogen (secondary N) is 1. The van der Waals surface area contributed by atoms with Crippen molar-refractivity contribution in [1.82, 2.24) is 14.5 Å². The largest absolute Gasteiger partial charge is 0.382 e. The van der Waals surface area contributed by atoms with Crippen LogP contribution < -0.4 is 11.1 Å². The zero-order valence-electron chi connectivity index (χ0n) is 13.4. The Morgan fingerprint density at radius 1 is 1.19 bits per heavy atom. The van der Waals surface area contributed by atoms with E-state index in [-0.39, 0.29) is 23.3 Å². The molecule has 0 fully saturated rings. The van der Waals surface area contributed by atoms with Crippen LogP contribution in [0.15, 0.2) is 42.9 Å². The van der Waals surface area contributed by atoms with Gasteiger partial charge in [0.2, 0.25) is 5.91 Å². The lowest BCUT2D eigenvalue weighted by atomic mass is 10.2. The molecule has 0 spiro atoms.